The lowest BCUT2D eigenvalue weighted by molar-refractivity contribution is -0.0664. The number of nitrogens with zero attached hydrogens (tertiary/aromatic N) is 3. The minimum Gasteiger partial charge on any atom is -0.432 e. The Morgan fingerprint density at radius 3 is 2.23 bits per heavy atom. The van der Waals surface area contributed by atoms with E-state index in [1.165, 1.54) is 17.8 Å². The van der Waals surface area contributed by atoms with Gasteiger partial charge in [-0.2, -0.15) is 5.10 Å². The van der Waals surface area contributed by atoms with Crippen LogP contribution >= 0.6 is 7.82 Å². The Morgan fingerprint density at radius 1 is 1.10 bits per heavy atom. The molecule has 1 aliphatic rings. The lowest BCUT2D eigenvalue weighted by atomic mass is 9.91. The maximum Gasteiger partial charge on any atom is 0.510 e. The summed E-state index contributed by atoms with van der Waals surface area (Å²) in [6.45, 7) is 5.18. The number of carbonyl (C=O) groups excluding carboxylic acids is 2. The number of phosphoric acid groups is 1. The molecule has 1 saturated heterocycles. The number of aliphatic hydroxyl groups excluding tert-OH is 1. The molecular formula is C22H33N4O13P. The van der Waals surface area contributed by atoms with Gasteiger partial charge in [-0.3, -0.25) is 4.52 Å². The summed E-state index contributed by atoms with van der Waals surface area (Å²) in [5.74, 6) is 0.188. The maximum absolute atomic E-state index is 13.2. The van der Waals surface area contributed by atoms with Gasteiger partial charge in [-0.1, -0.05) is 0 Å². The van der Waals surface area contributed by atoms with Crippen LogP contribution in [0.3, 0.4) is 0 Å². The molecule has 0 radical (unpaired) electrons. The van der Waals surface area contributed by atoms with Crippen LogP contribution in [0.4, 0.5) is 15.4 Å². The van der Waals surface area contributed by atoms with Gasteiger partial charge >= 0.3 is 20.1 Å². The molecule has 17 nitrogen and oxygen atoms in total. The van der Waals surface area contributed by atoms with E-state index in [1.54, 1.807) is 39.8 Å². The number of hydrogen-bond donors (Lipinski definition) is 3. The van der Waals surface area contributed by atoms with Gasteiger partial charge in [0.05, 0.1) is 24.5 Å². The number of anilines is 1. The average Bonchev–Trinajstić information content (AvgIpc) is 3.36. The van der Waals surface area contributed by atoms with Crippen molar-refractivity contribution in [1.82, 2.24) is 14.6 Å². The van der Waals surface area contributed by atoms with Crippen LogP contribution in [0.5, 0.6) is 0 Å². The Hall–Kier alpha value is -3.05. The lowest BCUT2D eigenvalue weighted by Gasteiger charge is -2.26. The van der Waals surface area contributed by atoms with Gasteiger partial charge in [0.1, 0.15) is 35.8 Å². The van der Waals surface area contributed by atoms with Crippen molar-refractivity contribution in [2.24, 2.45) is 0 Å². The van der Waals surface area contributed by atoms with Crippen molar-refractivity contribution in [2.75, 3.05) is 25.9 Å². The van der Waals surface area contributed by atoms with Crippen molar-refractivity contribution in [3.63, 3.8) is 0 Å². The molecule has 4 atom stereocenters. The van der Waals surface area contributed by atoms with E-state index in [4.69, 9.17) is 33.5 Å². The van der Waals surface area contributed by atoms with E-state index < -0.39 is 76.4 Å². The summed E-state index contributed by atoms with van der Waals surface area (Å²) in [6.07, 6.45) is -5.93. The minimum absolute atomic E-state index is 0.188. The molecule has 4 N–H and O–H groups in total. The fourth-order valence-electron chi connectivity index (χ4n) is 3.60. The number of nitrogen functional groups attached to an aromatic ring is 1. The predicted molar refractivity (Wildman–Crippen MR) is 133 cm³/mol. The molecule has 2 aromatic heterocycles. The van der Waals surface area contributed by atoms with Crippen molar-refractivity contribution in [1.29, 1.82) is 0 Å². The van der Waals surface area contributed by atoms with Crippen LogP contribution in [0.1, 0.15) is 46.4 Å². The molecular weight excluding hydrogens is 559 g/mol. The molecule has 0 aromatic carbocycles. The molecule has 3 rings (SSSR count). The molecule has 2 aromatic rings. The van der Waals surface area contributed by atoms with Gasteiger partial charge in [0.15, 0.2) is 5.82 Å². The first-order valence-electron chi connectivity index (χ1n) is 12.1. The van der Waals surface area contributed by atoms with Gasteiger partial charge in [0, 0.05) is 0 Å². The zero-order valence-corrected chi connectivity index (χ0v) is 23.4. The van der Waals surface area contributed by atoms with Gasteiger partial charge in [-0.05, 0) is 46.8 Å². The first kappa shape index (κ1) is 31.5. The number of aliphatic hydroxyl groups is 2. The van der Waals surface area contributed by atoms with Gasteiger partial charge < -0.3 is 39.6 Å². The molecule has 0 unspecified atom stereocenters. The minimum atomic E-state index is -4.63. The van der Waals surface area contributed by atoms with Crippen molar-refractivity contribution in [2.45, 2.75) is 70.7 Å². The number of rotatable bonds is 12. The van der Waals surface area contributed by atoms with Crippen molar-refractivity contribution in [3.8, 4) is 0 Å². The SMILES string of the molecule is CC(C)OC(=O)OCOP(=O)(OCOC(=O)OC(C)C)OC[C@H]1O[C@@H](c2ccc3c(N)ncnn23)[C@](C)(O)[C@@H]1O. The summed E-state index contributed by atoms with van der Waals surface area (Å²) in [4.78, 5) is 27.1. The number of carbonyl (C=O) groups is 2. The zero-order chi connectivity index (χ0) is 29.7. The van der Waals surface area contributed by atoms with Crippen molar-refractivity contribution in [3.05, 3.63) is 24.2 Å². The molecule has 18 heteroatoms. The molecule has 0 saturated carbocycles. The van der Waals surface area contributed by atoms with E-state index in [0.29, 0.717) is 11.2 Å². The van der Waals surface area contributed by atoms with Crippen LogP contribution in [0, 0.1) is 0 Å². The third-order valence-electron chi connectivity index (χ3n) is 5.41. The van der Waals surface area contributed by atoms with E-state index in [1.807, 2.05) is 0 Å². The Bertz CT molecular complexity index is 1190. The van der Waals surface area contributed by atoms with Crippen LogP contribution in [-0.2, 0) is 41.8 Å². The normalized spacial score (nSPS) is 23.1. The fourth-order valence-corrected chi connectivity index (χ4v) is 4.51. The van der Waals surface area contributed by atoms with Crippen molar-refractivity contribution < 1.29 is 61.6 Å². The number of hydrogen-bond acceptors (Lipinski definition) is 16. The van der Waals surface area contributed by atoms with E-state index in [2.05, 4.69) is 19.6 Å². The third kappa shape index (κ3) is 7.78. The number of phosphoric ester groups is 1. The Labute approximate surface area is 228 Å². The molecule has 0 amide bonds. The Kier molecular flexibility index (Phi) is 10.3. The monoisotopic (exact) mass is 592 g/mol. The van der Waals surface area contributed by atoms with Crippen LogP contribution in [0.25, 0.3) is 5.52 Å². The largest absolute Gasteiger partial charge is 0.510 e. The van der Waals surface area contributed by atoms with Gasteiger partial charge in [0.2, 0.25) is 13.6 Å². The average molecular weight is 592 g/mol. The van der Waals surface area contributed by atoms with Gasteiger partial charge in [-0.15, -0.1) is 0 Å². The highest BCUT2D eigenvalue weighted by molar-refractivity contribution is 7.48. The number of fused-ring (bicyclic) bond motifs is 1. The summed E-state index contributed by atoms with van der Waals surface area (Å²) in [5, 5.41) is 26.0. The molecule has 0 bridgehead atoms. The second kappa shape index (κ2) is 13.1. The van der Waals surface area contributed by atoms with Crippen LogP contribution in [0.2, 0.25) is 0 Å². The van der Waals surface area contributed by atoms with Crippen LogP contribution in [-0.4, -0.2) is 87.3 Å². The number of aromatic nitrogens is 3. The summed E-state index contributed by atoms with van der Waals surface area (Å²) in [6, 6.07) is 3.21. The second-order valence-corrected chi connectivity index (χ2v) is 11.0. The van der Waals surface area contributed by atoms with E-state index in [-0.39, 0.29) is 5.82 Å². The first-order chi connectivity index (χ1) is 18.7. The molecule has 3 heterocycles. The smallest absolute Gasteiger partial charge is 0.432 e. The number of nitrogens with two attached hydrogens (primary N) is 1. The molecule has 40 heavy (non-hydrogen) atoms. The van der Waals surface area contributed by atoms with E-state index >= 15 is 0 Å². The molecule has 0 aliphatic carbocycles. The Morgan fingerprint density at radius 2 is 1.68 bits per heavy atom. The topological polar surface area (TPSA) is 222 Å². The van der Waals surface area contributed by atoms with E-state index in [9.17, 15) is 24.4 Å². The van der Waals surface area contributed by atoms with Gasteiger partial charge in [-0.25, -0.2) is 32.7 Å². The standard InChI is InChI=1S/C22H33N4O13P/c1-12(2)37-20(28)32-10-35-40(31,36-11-33-21(29)38-13(3)4)34-8-16-17(27)22(5,30)18(39-16)14-6-7-15-19(23)24-9-25-26(14)15/h6-7,9,12-13,16-18,27,30H,8,10-11H2,1-5H3,(H2,23,24,25)/t16-,17-,18+,22-/m1/s1. The van der Waals surface area contributed by atoms with Crippen LogP contribution < -0.4 is 5.73 Å². The lowest BCUT2D eigenvalue weighted by Crippen LogP contribution is -2.43. The predicted octanol–water partition coefficient (Wildman–Crippen LogP) is 2.06. The molecule has 1 aliphatic heterocycles. The summed E-state index contributed by atoms with van der Waals surface area (Å²) < 4.78 is 54.6. The third-order valence-corrected chi connectivity index (χ3v) is 6.72. The highest BCUT2D eigenvalue weighted by Crippen LogP contribution is 2.51. The van der Waals surface area contributed by atoms with E-state index in [0.717, 1.165) is 0 Å². The highest BCUT2D eigenvalue weighted by Gasteiger charge is 2.54. The van der Waals surface area contributed by atoms with Crippen LogP contribution in [0.15, 0.2) is 18.5 Å². The molecule has 1 fully saturated rings. The summed E-state index contributed by atoms with van der Waals surface area (Å²) >= 11 is 0. The fraction of sp³-hybridized carbons (Fsp3) is 0.636. The maximum atomic E-state index is 13.2. The summed E-state index contributed by atoms with van der Waals surface area (Å²) in [7, 11) is -4.63. The second-order valence-electron chi connectivity index (χ2n) is 9.28. The summed E-state index contributed by atoms with van der Waals surface area (Å²) in [5.41, 5.74) is 4.80. The number of ether oxygens (including phenoxy) is 5. The first-order valence-corrected chi connectivity index (χ1v) is 13.5. The molecule has 0 spiro atoms. The molecule has 224 valence electrons. The quantitative estimate of drug-likeness (QED) is 0.182. The highest BCUT2D eigenvalue weighted by atomic mass is 31.2. The van der Waals surface area contributed by atoms with Gasteiger partial charge in [0.25, 0.3) is 0 Å². The Balaban J connectivity index is 1.69. The van der Waals surface area contributed by atoms with Crippen molar-refractivity contribution >= 4 is 31.5 Å². The zero-order valence-electron chi connectivity index (χ0n) is 22.5.